The van der Waals surface area contributed by atoms with Crippen LogP contribution in [0.15, 0.2) is 0 Å². The van der Waals surface area contributed by atoms with Crippen LogP contribution >= 0.6 is 0 Å². The SMILES string of the molecule is CC(CNCC1CCOCC1)C(=O)O. The number of hydrogen-bond donors (Lipinski definition) is 2. The van der Waals surface area contributed by atoms with Crippen LogP contribution in [0.5, 0.6) is 0 Å². The van der Waals surface area contributed by atoms with Gasteiger partial charge in [0.15, 0.2) is 0 Å². The molecule has 1 saturated heterocycles. The van der Waals surface area contributed by atoms with Crippen molar-refractivity contribution in [2.75, 3.05) is 26.3 Å². The number of carbonyl (C=O) groups is 1. The number of carboxylic acids is 1. The summed E-state index contributed by atoms with van der Waals surface area (Å²) in [6.07, 6.45) is 2.18. The van der Waals surface area contributed by atoms with Crippen molar-refractivity contribution in [2.24, 2.45) is 11.8 Å². The van der Waals surface area contributed by atoms with E-state index in [4.69, 9.17) is 9.84 Å². The Labute approximate surface area is 84.6 Å². The summed E-state index contributed by atoms with van der Waals surface area (Å²) in [5, 5.41) is 11.9. The Hall–Kier alpha value is -0.610. The van der Waals surface area contributed by atoms with E-state index in [9.17, 15) is 4.79 Å². The largest absolute Gasteiger partial charge is 0.481 e. The predicted molar refractivity (Wildman–Crippen MR) is 53.2 cm³/mol. The van der Waals surface area contributed by atoms with Gasteiger partial charge in [-0.3, -0.25) is 4.79 Å². The van der Waals surface area contributed by atoms with E-state index in [2.05, 4.69) is 5.32 Å². The van der Waals surface area contributed by atoms with Gasteiger partial charge in [0.05, 0.1) is 5.92 Å². The minimum Gasteiger partial charge on any atom is -0.481 e. The fourth-order valence-electron chi connectivity index (χ4n) is 1.54. The molecular formula is C10H19NO3. The Morgan fingerprint density at radius 3 is 2.79 bits per heavy atom. The number of aliphatic carboxylic acids is 1. The van der Waals surface area contributed by atoms with Crippen molar-refractivity contribution < 1.29 is 14.6 Å². The molecule has 0 aromatic rings. The number of hydrogen-bond acceptors (Lipinski definition) is 3. The Morgan fingerprint density at radius 1 is 1.57 bits per heavy atom. The van der Waals surface area contributed by atoms with Crippen molar-refractivity contribution in [3.63, 3.8) is 0 Å². The van der Waals surface area contributed by atoms with Crippen molar-refractivity contribution in [1.29, 1.82) is 0 Å². The second-order valence-corrected chi connectivity index (χ2v) is 3.95. The molecule has 1 heterocycles. The molecule has 0 radical (unpaired) electrons. The van der Waals surface area contributed by atoms with E-state index in [0.29, 0.717) is 12.5 Å². The summed E-state index contributed by atoms with van der Waals surface area (Å²) in [4.78, 5) is 10.5. The van der Waals surface area contributed by atoms with E-state index in [1.807, 2.05) is 0 Å². The van der Waals surface area contributed by atoms with Gasteiger partial charge in [-0.05, 0) is 25.3 Å². The van der Waals surface area contributed by atoms with Gasteiger partial charge in [0, 0.05) is 19.8 Å². The average molecular weight is 201 g/mol. The van der Waals surface area contributed by atoms with Gasteiger partial charge in [-0.2, -0.15) is 0 Å². The van der Waals surface area contributed by atoms with Gasteiger partial charge in [-0.25, -0.2) is 0 Å². The third kappa shape index (κ3) is 4.07. The van der Waals surface area contributed by atoms with E-state index in [1.165, 1.54) is 0 Å². The molecule has 1 aliphatic heterocycles. The normalized spacial score (nSPS) is 20.6. The van der Waals surface area contributed by atoms with Crippen LogP contribution < -0.4 is 5.32 Å². The van der Waals surface area contributed by atoms with Gasteiger partial charge >= 0.3 is 5.97 Å². The summed E-state index contributed by atoms with van der Waals surface area (Å²) >= 11 is 0. The third-order valence-corrected chi connectivity index (χ3v) is 2.65. The molecule has 14 heavy (non-hydrogen) atoms. The highest BCUT2D eigenvalue weighted by Crippen LogP contribution is 2.13. The van der Waals surface area contributed by atoms with Gasteiger partial charge in [0.25, 0.3) is 0 Å². The van der Waals surface area contributed by atoms with E-state index in [-0.39, 0.29) is 5.92 Å². The lowest BCUT2D eigenvalue weighted by atomic mass is 10.0. The third-order valence-electron chi connectivity index (χ3n) is 2.65. The van der Waals surface area contributed by atoms with E-state index in [0.717, 1.165) is 32.6 Å². The molecule has 1 aliphatic rings. The van der Waals surface area contributed by atoms with Crippen LogP contribution in [0.25, 0.3) is 0 Å². The van der Waals surface area contributed by atoms with Crippen LogP contribution in [0, 0.1) is 11.8 Å². The Balaban J connectivity index is 2.05. The summed E-state index contributed by atoms with van der Waals surface area (Å²) < 4.78 is 5.24. The summed E-state index contributed by atoms with van der Waals surface area (Å²) in [7, 11) is 0. The van der Waals surface area contributed by atoms with Crippen LogP contribution in [0.3, 0.4) is 0 Å². The molecular weight excluding hydrogens is 182 g/mol. The highest BCUT2D eigenvalue weighted by atomic mass is 16.5. The summed E-state index contributed by atoms with van der Waals surface area (Å²) in [6, 6.07) is 0. The maximum atomic E-state index is 10.5. The number of rotatable bonds is 5. The minimum atomic E-state index is -0.732. The molecule has 0 saturated carbocycles. The molecule has 0 aliphatic carbocycles. The molecule has 1 unspecified atom stereocenters. The minimum absolute atomic E-state index is 0.296. The van der Waals surface area contributed by atoms with Crippen LogP contribution in [-0.2, 0) is 9.53 Å². The lowest BCUT2D eigenvalue weighted by Gasteiger charge is -2.22. The second kappa shape index (κ2) is 5.98. The fraction of sp³-hybridized carbons (Fsp3) is 0.900. The first-order chi connectivity index (χ1) is 6.70. The average Bonchev–Trinajstić information content (AvgIpc) is 2.19. The van der Waals surface area contributed by atoms with Crippen molar-refractivity contribution in [3.05, 3.63) is 0 Å². The number of carboxylic acid groups (broad SMARTS) is 1. The first-order valence-electron chi connectivity index (χ1n) is 5.21. The number of ether oxygens (including phenoxy) is 1. The van der Waals surface area contributed by atoms with Crippen molar-refractivity contribution in [3.8, 4) is 0 Å². The van der Waals surface area contributed by atoms with Crippen LogP contribution in [0.1, 0.15) is 19.8 Å². The number of nitrogens with one attached hydrogen (secondary N) is 1. The first-order valence-corrected chi connectivity index (χ1v) is 5.21. The van der Waals surface area contributed by atoms with Crippen LogP contribution in [0.4, 0.5) is 0 Å². The lowest BCUT2D eigenvalue weighted by Crippen LogP contribution is -2.32. The second-order valence-electron chi connectivity index (χ2n) is 3.95. The maximum Gasteiger partial charge on any atom is 0.307 e. The van der Waals surface area contributed by atoms with Crippen LogP contribution in [-0.4, -0.2) is 37.4 Å². The molecule has 4 nitrogen and oxygen atoms in total. The first kappa shape index (κ1) is 11.5. The van der Waals surface area contributed by atoms with Gasteiger partial charge in [-0.1, -0.05) is 6.92 Å². The molecule has 4 heteroatoms. The fourth-order valence-corrected chi connectivity index (χ4v) is 1.54. The highest BCUT2D eigenvalue weighted by Gasteiger charge is 2.15. The van der Waals surface area contributed by atoms with Crippen molar-refractivity contribution in [1.82, 2.24) is 5.32 Å². The Kier molecular flexibility index (Phi) is 4.90. The highest BCUT2D eigenvalue weighted by molar-refractivity contribution is 5.69. The molecule has 2 N–H and O–H groups in total. The molecule has 1 fully saturated rings. The predicted octanol–water partition coefficient (Wildman–Crippen LogP) is 0.723. The standard InChI is InChI=1S/C10H19NO3/c1-8(10(12)13)6-11-7-9-2-4-14-5-3-9/h8-9,11H,2-7H2,1H3,(H,12,13). The van der Waals surface area contributed by atoms with E-state index >= 15 is 0 Å². The molecule has 82 valence electrons. The summed E-state index contributed by atoms with van der Waals surface area (Å²) in [5.74, 6) is -0.371. The smallest absolute Gasteiger partial charge is 0.307 e. The zero-order chi connectivity index (χ0) is 10.4. The van der Waals surface area contributed by atoms with Gasteiger partial charge in [0.1, 0.15) is 0 Å². The van der Waals surface area contributed by atoms with Crippen molar-refractivity contribution >= 4 is 5.97 Å². The monoisotopic (exact) mass is 201 g/mol. The Morgan fingerprint density at radius 2 is 2.21 bits per heavy atom. The van der Waals surface area contributed by atoms with E-state index in [1.54, 1.807) is 6.92 Å². The molecule has 1 rings (SSSR count). The zero-order valence-corrected chi connectivity index (χ0v) is 8.66. The van der Waals surface area contributed by atoms with Gasteiger partial charge in [-0.15, -0.1) is 0 Å². The van der Waals surface area contributed by atoms with Gasteiger partial charge < -0.3 is 15.2 Å². The molecule has 0 amide bonds. The summed E-state index contributed by atoms with van der Waals surface area (Å²) in [6.45, 7) is 4.90. The van der Waals surface area contributed by atoms with Gasteiger partial charge in [0.2, 0.25) is 0 Å². The molecule has 1 atom stereocenters. The van der Waals surface area contributed by atoms with Crippen molar-refractivity contribution in [2.45, 2.75) is 19.8 Å². The maximum absolute atomic E-state index is 10.5. The molecule has 0 spiro atoms. The van der Waals surface area contributed by atoms with Crippen LogP contribution in [0.2, 0.25) is 0 Å². The topological polar surface area (TPSA) is 58.6 Å². The lowest BCUT2D eigenvalue weighted by molar-refractivity contribution is -0.140. The summed E-state index contributed by atoms with van der Waals surface area (Å²) in [5.41, 5.74) is 0. The Bertz CT molecular complexity index is 178. The molecule has 0 aromatic carbocycles. The molecule has 0 bridgehead atoms. The molecule has 0 aromatic heterocycles. The quantitative estimate of drug-likeness (QED) is 0.688. The zero-order valence-electron chi connectivity index (χ0n) is 8.66. The van der Waals surface area contributed by atoms with E-state index < -0.39 is 5.97 Å².